The van der Waals surface area contributed by atoms with Crippen molar-refractivity contribution in [3.63, 3.8) is 0 Å². The number of thioether (sulfide) groups is 1. The minimum absolute atomic E-state index is 0.159. The summed E-state index contributed by atoms with van der Waals surface area (Å²) in [6, 6.07) is 21.1. The summed E-state index contributed by atoms with van der Waals surface area (Å²) in [5.74, 6) is -0.774. The van der Waals surface area contributed by atoms with Gasteiger partial charge in [0.25, 0.3) is 16.8 Å². The molecule has 9 heteroatoms. The Hall–Kier alpha value is -4.24. The first-order chi connectivity index (χ1) is 15.9. The molecule has 1 heterocycles. The van der Waals surface area contributed by atoms with Gasteiger partial charge in [-0.3, -0.25) is 24.6 Å². The molecule has 0 saturated carbocycles. The highest BCUT2D eigenvalue weighted by Crippen LogP contribution is 2.34. The lowest BCUT2D eigenvalue weighted by molar-refractivity contribution is -0.385. The molecule has 0 aromatic heterocycles. The Morgan fingerprint density at radius 1 is 1.00 bits per heavy atom. The number of rotatable bonds is 6. The van der Waals surface area contributed by atoms with Crippen LogP contribution in [-0.2, 0) is 11.3 Å². The number of hydrogen-bond donors (Lipinski definition) is 0. The molecule has 1 aliphatic heterocycles. The van der Waals surface area contributed by atoms with Gasteiger partial charge in [0.15, 0.2) is 0 Å². The third-order valence-corrected chi connectivity index (χ3v) is 5.67. The summed E-state index contributed by atoms with van der Waals surface area (Å²) in [4.78, 5) is 49.3. The molecule has 1 aliphatic rings. The molecule has 33 heavy (non-hydrogen) atoms. The average molecular weight is 460 g/mol. The van der Waals surface area contributed by atoms with Crippen molar-refractivity contribution in [1.82, 2.24) is 4.90 Å². The van der Waals surface area contributed by atoms with Crippen LogP contribution in [0.2, 0.25) is 0 Å². The Labute approximate surface area is 192 Å². The number of benzene rings is 3. The summed E-state index contributed by atoms with van der Waals surface area (Å²) in [7, 11) is 0. The number of esters is 1. The second-order valence-corrected chi connectivity index (χ2v) is 7.97. The van der Waals surface area contributed by atoms with Gasteiger partial charge >= 0.3 is 5.97 Å². The van der Waals surface area contributed by atoms with Gasteiger partial charge in [0, 0.05) is 11.6 Å². The predicted octanol–water partition coefficient (Wildman–Crippen LogP) is 5.05. The first-order valence-electron chi connectivity index (χ1n) is 9.77. The van der Waals surface area contributed by atoms with Gasteiger partial charge < -0.3 is 4.74 Å². The molecule has 2 amide bonds. The number of para-hydroxylation sites is 1. The number of carbonyl (C=O) groups is 3. The Morgan fingerprint density at radius 2 is 1.73 bits per heavy atom. The van der Waals surface area contributed by atoms with Crippen molar-refractivity contribution in [1.29, 1.82) is 0 Å². The smallest absolute Gasteiger partial charge is 0.343 e. The summed E-state index contributed by atoms with van der Waals surface area (Å²) < 4.78 is 5.39. The van der Waals surface area contributed by atoms with E-state index in [0.29, 0.717) is 11.1 Å². The van der Waals surface area contributed by atoms with Gasteiger partial charge in [-0.05, 0) is 47.7 Å². The van der Waals surface area contributed by atoms with Crippen LogP contribution in [0.25, 0.3) is 6.08 Å². The molecule has 8 nitrogen and oxygen atoms in total. The highest BCUT2D eigenvalue weighted by atomic mass is 32.2. The van der Waals surface area contributed by atoms with E-state index in [1.54, 1.807) is 60.7 Å². The monoisotopic (exact) mass is 460 g/mol. The summed E-state index contributed by atoms with van der Waals surface area (Å²) in [6.45, 7) is -0.201. The number of imide groups is 1. The van der Waals surface area contributed by atoms with Crippen LogP contribution >= 0.6 is 11.8 Å². The van der Waals surface area contributed by atoms with Crippen LogP contribution in [0, 0.1) is 10.1 Å². The lowest BCUT2D eigenvalue weighted by Crippen LogP contribution is -2.27. The van der Waals surface area contributed by atoms with Crippen LogP contribution < -0.4 is 4.74 Å². The zero-order valence-electron chi connectivity index (χ0n) is 17.0. The number of nitro groups is 1. The lowest BCUT2D eigenvalue weighted by Gasteiger charge is -2.12. The SMILES string of the molecule is O=C(Oc1cccc(/C=C2\SC(=O)N(Cc3ccccc3[N+](=O)[O-])C2=O)c1)c1ccccc1. The van der Waals surface area contributed by atoms with Gasteiger partial charge in [0.1, 0.15) is 5.75 Å². The summed E-state index contributed by atoms with van der Waals surface area (Å²) in [5.41, 5.74) is 1.07. The Balaban J connectivity index is 1.51. The Kier molecular flexibility index (Phi) is 6.32. The standard InChI is InChI=1S/C24H16N2O6S/c27-22-21(33-24(29)25(22)15-18-10-4-5-12-20(18)26(30)31)14-16-7-6-11-19(13-16)32-23(28)17-8-2-1-3-9-17/h1-14H,15H2/b21-14-. The van der Waals surface area contributed by atoms with Gasteiger partial charge in [-0.1, -0.05) is 48.5 Å². The van der Waals surface area contributed by atoms with Crippen LogP contribution in [0.1, 0.15) is 21.5 Å². The summed E-state index contributed by atoms with van der Waals surface area (Å²) in [6.07, 6.45) is 1.52. The highest BCUT2D eigenvalue weighted by Gasteiger charge is 2.36. The van der Waals surface area contributed by atoms with Crippen molar-refractivity contribution in [3.8, 4) is 5.75 Å². The van der Waals surface area contributed by atoms with Crippen LogP contribution in [-0.4, -0.2) is 26.9 Å². The largest absolute Gasteiger partial charge is 0.423 e. The van der Waals surface area contributed by atoms with Crippen LogP contribution in [0.4, 0.5) is 10.5 Å². The zero-order chi connectivity index (χ0) is 23.4. The molecule has 0 bridgehead atoms. The Morgan fingerprint density at radius 3 is 2.48 bits per heavy atom. The number of ether oxygens (including phenoxy) is 1. The molecule has 4 rings (SSSR count). The van der Waals surface area contributed by atoms with E-state index in [1.807, 2.05) is 0 Å². The molecule has 0 unspecified atom stereocenters. The van der Waals surface area contributed by atoms with Gasteiger partial charge in [-0.2, -0.15) is 0 Å². The first kappa shape index (κ1) is 22.0. The first-order valence-corrected chi connectivity index (χ1v) is 10.6. The molecule has 3 aromatic carbocycles. The number of nitrogens with zero attached hydrogens (tertiary/aromatic N) is 2. The lowest BCUT2D eigenvalue weighted by atomic mass is 10.1. The molecular formula is C24H16N2O6S. The van der Waals surface area contributed by atoms with Gasteiger partial charge in [-0.25, -0.2) is 4.79 Å². The second kappa shape index (κ2) is 9.49. The maximum absolute atomic E-state index is 12.8. The summed E-state index contributed by atoms with van der Waals surface area (Å²) in [5, 5.41) is 10.7. The number of carbonyl (C=O) groups excluding carboxylic acids is 3. The maximum atomic E-state index is 12.8. The van der Waals surface area contributed by atoms with Crippen LogP contribution in [0.15, 0.2) is 83.8 Å². The van der Waals surface area contributed by atoms with Crippen molar-refractivity contribution >= 4 is 40.6 Å². The third kappa shape index (κ3) is 4.99. The molecule has 0 N–H and O–H groups in total. The van der Waals surface area contributed by atoms with E-state index < -0.39 is 22.0 Å². The van der Waals surface area contributed by atoms with E-state index in [1.165, 1.54) is 24.3 Å². The molecule has 164 valence electrons. The van der Waals surface area contributed by atoms with Crippen molar-refractivity contribution in [2.45, 2.75) is 6.54 Å². The van der Waals surface area contributed by atoms with E-state index in [4.69, 9.17) is 4.74 Å². The van der Waals surface area contributed by atoms with Crippen molar-refractivity contribution in [2.75, 3.05) is 0 Å². The van der Waals surface area contributed by atoms with E-state index in [9.17, 15) is 24.5 Å². The minimum Gasteiger partial charge on any atom is -0.423 e. The maximum Gasteiger partial charge on any atom is 0.343 e. The van der Waals surface area contributed by atoms with Gasteiger partial charge in [0.05, 0.1) is 21.9 Å². The topological polar surface area (TPSA) is 107 Å². The average Bonchev–Trinajstić information content (AvgIpc) is 3.07. The van der Waals surface area contributed by atoms with Crippen LogP contribution in [0.3, 0.4) is 0 Å². The number of amides is 2. The van der Waals surface area contributed by atoms with Gasteiger partial charge in [-0.15, -0.1) is 0 Å². The van der Waals surface area contributed by atoms with Crippen molar-refractivity contribution < 1.29 is 24.0 Å². The zero-order valence-corrected chi connectivity index (χ0v) is 17.9. The quantitative estimate of drug-likeness (QED) is 0.167. The fourth-order valence-electron chi connectivity index (χ4n) is 3.19. The molecular weight excluding hydrogens is 444 g/mol. The predicted molar refractivity (Wildman–Crippen MR) is 122 cm³/mol. The fourth-order valence-corrected chi connectivity index (χ4v) is 4.03. The van der Waals surface area contributed by atoms with E-state index in [0.717, 1.165) is 16.7 Å². The Bertz CT molecular complexity index is 1290. The fraction of sp³-hybridized carbons (Fsp3) is 0.0417. The molecule has 0 spiro atoms. The third-order valence-electron chi connectivity index (χ3n) is 4.77. The highest BCUT2D eigenvalue weighted by molar-refractivity contribution is 8.18. The second-order valence-electron chi connectivity index (χ2n) is 6.98. The number of nitro benzene ring substituents is 1. The van der Waals surface area contributed by atoms with E-state index in [2.05, 4.69) is 0 Å². The molecule has 0 radical (unpaired) electrons. The van der Waals surface area contributed by atoms with Crippen molar-refractivity contribution in [2.24, 2.45) is 0 Å². The normalized spacial score (nSPS) is 14.5. The summed E-state index contributed by atoms with van der Waals surface area (Å²) >= 11 is 0.748. The van der Waals surface area contributed by atoms with Gasteiger partial charge in [0.2, 0.25) is 0 Å². The van der Waals surface area contributed by atoms with E-state index >= 15 is 0 Å². The molecule has 0 aliphatic carbocycles. The number of hydrogen-bond acceptors (Lipinski definition) is 7. The van der Waals surface area contributed by atoms with E-state index in [-0.39, 0.29) is 28.5 Å². The molecule has 1 saturated heterocycles. The molecule has 1 fully saturated rings. The minimum atomic E-state index is -0.549. The van der Waals surface area contributed by atoms with Crippen LogP contribution in [0.5, 0.6) is 5.75 Å². The van der Waals surface area contributed by atoms with Crippen molar-refractivity contribution in [3.05, 3.63) is 111 Å². The molecule has 0 atom stereocenters. The molecule has 3 aromatic rings.